The van der Waals surface area contributed by atoms with Crippen LogP contribution in [0, 0.1) is 11.8 Å². The standard InChI is InChI=1S/C13H19NO3S2/c1-2-3-8-19(16,17)14-10-13-9-12(11-18-13)6-4-5-7-15/h9,11,14-15H,2-3,5,7-8,10H2,1H3. The number of thiophene rings is 1. The summed E-state index contributed by atoms with van der Waals surface area (Å²) in [5, 5.41) is 10.5. The predicted molar refractivity (Wildman–Crippen MR) is 78.4 cm³/mol. The van der Waals surface area contributed by atoms with Gasteiger partial charge < -0.3 is 5.11 Å². The Morgan fingerprint density at radius 2 is 2.26 bits per heavy atom. The minimum absolute atomic E-state index is 0.0568. The van der Waals surface area contributed by atoms with E-state index in [0.717, 1.165) is 16.9 Å². The first-order valence-corrected chi connectivity index (χ1v) is 8.75. The molecule has 1 aromatic rings. The molecule has 0 unspecified atom stereocenters. The molecule has 0 aliphatic heterocycles. The van der Waals surface area contributed by atoms with Crippen LogP contribution < -0.4 is 4.72 Å². The summed E-state index contributed by atoms with van der Waals surface area (Å²) in [4.78, 5) is 0.938. The van der Waals surface area contributed by atoms with Crippen LogP contribution in [0.5, 0.6) is 0 Å². The topological polar surface area (TPSA) is 66.4 Å². The summed E-state index contributed by atoms with van der Waals surface area (Å²) in [6.07, 6.45) is 2.00. The molecule has 0 radical (unpaired) electrons. The smallest absolute Gasteiger partial charge is 0.211 e. The summed E-state index contributed by atoms with van der Waals surface area (Å²) in [6.45, 7) is 2.34. The Balaban J connectivity index is 2.49. The van der Waals surface area contributed by atoms with E-state index >= 15 is 0 Å². The van der Waals surface area contributed by atoms with E-state index in [9.17, 15) is 8.42 Å². The van der Waals surface area contributed by atoms with Crippen molar-refractivity contribution >= 4 is 21.4 Å². The number of aliphatic hydroxyl groups is 1. The van der Waals surface area contributed by atoms with Gasteiger partial charge in [-0.3, -0.25) is 0 Å². The highest BCUT2D eigenvalue weighted by Crippen LogP contribution is 2.14. The average Bonchev–Trinajstić information content (AvgIpc) is 2.83. The fourth-order valence-corrected chi connectivity index (χ4v) is 3.38. The third-order valence-electron chi connectivity index (χ3n) is 2.36. The molecule has 0 aliphatic carbocycles. The highest BCUT2D eigenvalue weighted by atomic mass is 32.2. The number of sulfonamides is 1. The van der Waals surface area contributed by atoms with Crippen molar-refractivity contribution in [2.45, 2.75) is 32.7 Å². The van der Waals surface area contributed by atoms with Crippen molar-refractivity contribution in [1.29, 1.82) is 0 Å². The summed E-state index contributed by atoms with van der Waals surface area (Å²) in [5.74, 6) is 5.93. The molecule has 0 aliphatic rings. The molecular formula is C13H19NO3S2. The summed E-state index contributed by atoms with van der Waals surface area (Å²) < 4.78 is 25.8. The molecule has 106 valence electrons. The molecule has 0 bridgehead atoms. The number of unbranched alkanes of at least 4 members (excludes halogenated alkanes) is 1. The van der Waals surface area contributed by atoms with Crippen LogP contribution in [0.25, 0.3) is 0 Å². The molecule has 0 aromatic carbocycles. The number of rotatable bonds is 7. The first-order valence-electron chi connectivity index (χ1n) is 6.22. The number of nitrogens with one attached hydrogen (secondary N) is 1. The molecule has 0 atom stereocenters. The van der Waals surface area contributed by atoms with E-state index in [-0.39, 0.29) is 12.4 Å². The lowest BCUT2D eigenvalue weighted by molar-refractivity contribution is 0.305. The second-order valence-electron chi connectivity index (χ2n) is 4.07. The van der Waals surface area contributed by atoms with Crippen molar-refractivity contribution < 1.29 is 13.5 Å². The molecular weight excluding hydrogens is 282 g/mol. The maximum Gasteiger partial charge on any atom is 0.211 e. The van der Waals surface area contributed by atoms with Crippen LogP contribution in [0.15, 0.2) is 11.4 Å². The fourth-order valence-electron chi connectivity index (χ4n) is 1.35. The maximum atomic E-state index is 11.6. The first-order chi connectivity index (χ1) is 9.07. The normalized spacial score (nSPS) is 11.1. The Bertz CT molecular complexity index is 538. The molecule has 19 heavy (non-hydrogen) atoms. The zero-order chi connectivity index (χ0) is 14.1. The molecule has 0 spiro atoms. The van der Waals surface area contributed by atoms with Gasteiger partial charge in [0.1, 0.15) is 0 Å². The van der Waals surface area contributed by atoms with E-state index in [2.05, 4.69) is 16.6 Å². The van der Waals surface area contributed by atoms with Crippen molar-refractivity contribution in [2.24, 2.45) is 0 Å². The van der Waals surface area contributed by atoms with E-state index in [0.29, 0.717) is 19.4 Å². The van der Waals surface area contributed by atoms with Gasteiger partial charge in [0.25, 0.3) is 0 Å². The SMILES string of the molecule is CCCCS(=O)(=O)NCc1cc(C#CCCO)cs1. The zero-order valence-electron chi connectivity index (χ0n) is 11.0. The zero-order valence-corrected chi connectivity index (χ0v) is 12.6. The van der Waals surface area contributed by atoms with Crippen LogP contribution >= 0.6 is 11.3 Å². The van der Waals surface area contributed by atoms with Gasteiger partial charge in [0.15, 0.2) is 0 Å². The van der Waals surface area contributed by atoms with Crippen LogP contribution in [-0.2, 0) is 16.6 Å². The van der Waals surface area contributed by atoms with Gasteiger partial charge in [0.05, 0.1) is 12.4 Å². The second-order valence-corrected chi connectivity index (χ2v) is 6.99. The number of aliphatic hydroxyl groups excluding tert-OH is 1. The van der Waals surface area contributed by atoms with Gasteiger partial charge in [-0.1, -0.05) is 25.2 Å². The highest BCUT2D eigenvalue weighted by molar-refractivity contribution is 7.89. The Morgan fingerprint density at radius 1 is 1.47 bits per heavy atom. The lowest BCUT2D eigenvalue weighted by atomic mass is 10.3. The molecule has 1 rings (SSSR count). The molecule has 0 saturated heterocycles. The monoisotopic (exact) mass is 301 g/mol. The number of hydrogen-bond acceptors (Lipinski definition) is 4. The van der Waals surface area contributed by atoms with Crippen LogP contribution in [0.3, 0.4) is 0 Å². The van der Waals surface area contributed by atoms with Crippen molar-refractivity contribution in [3.63, 3.8) is 0 Å². The summed E-state index contributed by atoms with van der Waals surface area (Å²) in [5.41, 5.74) is 0.862. The minimum Gasteiger partial charge on any atom is -0.395 e. The van der Waals surface area contributed by atoms with E-state index in [1.807, 2.05) is 18.4 Å². The Hall–Kier alpha value is -0.870. The van der Waals surface area contributed by atoms with Crippen LogP contribution in [0.1, 0.15) is 36.6 Å². The van der Waals surface area contributed by atoms with Gasteiger partial charge in [0, 0.05) is 28.8 Å². The fraction of sp³-hybridized carbons (Fsp3) is 0.538. The Kier molecular flexibility index (Phi) is 7.10. The molecule has 0 saturated carbocycles. The lowest BCUT2D eigenvalue weighted by Crippen LogP contribution is -2.25. The Morgan fingerprint density at radius 3 is 2.95 bits per heavy atom. The average molecular weight is 301 g/mol. The van der Waals surface area contributed by atoms with E-state index in [4.69, 9.17) is 5.11 Å². The van der Waals surface area contributed by atoms with E-state index in [1.54, 1.807) is 0 Å². The predicted octanol–water partition coefficient (Wildman–Crippen LogP) is 1.70. The molecule has 4 nitrogen and oxygen atoms in total. The van der Waals surface area contributed by atoms with E-state index in [1.165, 1.54) is 11.3 Å². The first kappa shape index (κ1) is 16.2. The number of hydrogen-bond donors (Lipinski definition) is 2. The van der Waals surface area contributed by atoms with Crippen molar-refractivity contribution in [3.05, 3.63) is 21.9 Å². The summed E-state index contributed by atoms with van der Waals surface area (Å²) >= 11 is 1.48. The summed E-state index contributed by atoms with van der Waals surface area (Å²) in [6, 6.07) is 1.87. The van der Waals surface area contributed by atoms with Gasteiger partial charge in [0.2, 0.25) is 10.0 Å². The van der Waals surface area contributed by atoms with E-state index < -0.39 is 10.0 Å². The Labute approximate surface area is 118 Å². The summed E-state index contributed by atoms with van der Waals surface area (Å²) in [7, 11) is -3.17. The van der Waals surface area contributed by atoms with Crippen LogP contribution in [-0.4, -0.2) is 25.9 Å². The quantitative estimate of drug-likeness (QED) is 0.753. The highest BCUT2D eigenvalue weighted by Gasteiger charge is 2.09. The van der Waals surface area contributed by atoms with Gasteiger partial charge in [-0.2, -0.15) is 0 Å². The maximum absolute atomic E-state index is 11.6. The van der Waals surface area contributed by atoms with Crippen molar-refractivity contribution in [3.8, 4) is 11.8 Å². The molecule has 2 N–H and O–H groups in total. The van der Waals surface area contributed by atoms with Crippen LogP contribution in [0.2, 0.25) is 0 Å². The molecule has 0 fully saturated rings. The molecule has 6 heteroatoms. The van der Waals surface area contributed by atoms with Crippen molar-refractivity contribution in [2.75, 3.05) is 12.4 Å². The lowest BCUT2D eigenvalue weighted by Gasteiger charge is -2.03. The third kappa shape index (κ3) is 6.73. The van der Waals surface area contributed by atoms with Gasteiger partial charge in [-0.15, -0.1) is 11.3 Å². The minimum atomic E-state index is -3.17. The molecule has 1 aromatic heterocycles. The van der Waals surface area contributed by atoms with Gasteiger partial charge in [-0.25, -0.2) is 13.1 Å². The van der Waals surface area contributed by atoms with Crippen molar-refractivity contribution in [1.82, 2.24) is 4.72 Å². The van der Waals surface area contributed by atoms with Gasteiger partial charge >= 0.3 is 0 Å². The largest absolute Gasteiger partial charge is 0.395 e. The van der Waals surface area contributed by atoms with Gasteiger partial charge in [-0.05, 0) is 12.5 Å². The second kappa shape index (κ2) is 8.33. The molecule has 1 heterocycles. The molecule has 0 amide bonds. The van der Waals surface area contributed by atoms with Crippen LogP contribution in [0.4, 0.5) is 0 Å². The third-order valence-corrected chi connectivity index (χ3v) is 4.70.